The van der Waals surface area contributed by atoms with Gasteiger partial charge in [-0.15, -0.1) is 22.7 Å². The third-order valence-corrected chi connectivity index (χ3v) is 6.05. The fraction of sp³-hybridized carbons (Fsp3) is 0.467. The summed E-state index contributed by atoms with van der Waals surface area (Å²) in [6.07, 6.45) is 5.09. The predicted octanol–water partition coefficient (Wildman–Crippen LogP) is 4.86. The number of carboxylic acids is 1. The zero-order valence-electron chi connectivity index (χ0n) is 11.3. The number of aromatic carboxylic acids is 1. The van der Waals surface area contributed by atoms with Crippen LogP contribution in [0.1, 0.15) is 53.9 Å². The molecule has 2 heterocycles. The molecule has 5 heteroatoms. The van der Waals surface area contributed by atoms with Crippen molar-refractivity contribution < 1.29 is 9.90 Å². The number of carboxylic acid groups (broad SMARTS) is 1. The third-order valence-electron chi connectivity index (χ3n) is 4.09. The van der Waals surface area contributed by atoms with E-state index >= 15 is 0 Å². The SMILES string of the molecule is CCC1CCC(c2nc(-c3cc(C(=O)O)cs3)cs2)C1. The summed E-state index contributed by atoms with van der Waals surface area (Å²) in [5, 5.41) is 13.9. The lowest BCUT2D eigenvalue weighted by Gasteiger charge is -2.06. The van der Waals surface area contributed by atoms with E-state index in [1.807, 2.05) is 0 Å². The molecule has 1 fully saturated rings. The summed E-state index contributed by atoms with van der Waals surface area (Å²) >= 11 is 3.18. The van der Waals surface area contributed by atoms with Crippen LogP contribution in [0.4, 0.5) is 0 Å². The van der Waals surface area contributed by atoms with Gasteiger partial charge >= 0.3 is 5.97 Å². The maximum Gasteiger partial charge on any atom is 0.336 e. The van der Waals surface area contributed by atoms with Gasteiger partial charge in [0.2, 0.25) is 0 Å². The second kappa shape index (κ2) is 5.66. The van der Waals surface area contributed by atoms with E-state index in [0.29, 0.717) is 11.5 Å². The van der Waals surface area contributed by atoms with Gasteiger partial charge in [0.25, 0.3) is 0 Å². The monoisotopic (exact) mass is 307 g/mol. The first-order chi connectivity index (χ1) is 9.67. The highest BCUT2D eigenvalue weighted by Crippen LogP contribution is 2.41. The maximum atomic E-state index is 10.9. The summed E-state index contributed by atoms with van der Waals surface area (Å²) in [4.78, 5) is 16.6. The van der Waals surface area contributed by atoms with Gasteiger partial charge in [-0.25, -0.2) is 9.78 Å². The molecule has 0 aliphatic heterocycles. The van der Waals surface area contributed by atoms with Gasteiger partial charge in [0.1, 0.15) is 0 Å². The molecular weight excluding hydrogens is 290 g/mol. The van der Waals surface area contributed by atoms with Crippen molar-refractivity contribution in [3.63, 3.8) is 0 Å². The highest BCUT2D eigenvalue weighted by atomic mass is 32.1. The molecule has 1 saturated carbocycles. The van der Waals surface area contributed by atoms with Gasteiger partial charge in [-0.3, -0.25) is 0 Å². The first-order valence-corrected chi connectivity index (χ1v) is 8.71. The van der Waals surface area contributed by atoms with Gasteiger partial charge in [0, 0.05) is 16.7 Å². The van der Waals surface area contributed by atoms with Crippen LogP contribution in [0, 0.1) is 5.92 Å². The summed E-state index contributed by atoms with van der Waals surface area (Å²) in [7, 11) is 0. The van der Waals surface area contributed by atoms with Crippen LogP contribution in [0.3, 0.4) is 0 Å². The maximum absolute atomic E-state index is 10.9. The van der Waals surface area contributed by atoms with Crippen LogP contribution >= 0.6 is 22.7 Å². The zero-order valence-corrected chi connectivity index (χ0v) is 13.0. The predicted molar refractivity (Wildman–Crippen MR) is 82.8 cm³/mol. The molecule has 3 rings (SSSR count). The molecule has 2 aromatic rings. The second-order valence-electron chi connectivity index (χ2n) is 5.36. The minimum atomic E-state index is -0.871. The molecule has 106 valence electrons. The van der Waals surface area contributed by atoms with E-state index in [2.05, 4.69) is 12.3 Å². The van der Waals surface area contributed by atoms with Crippen LogP contribution in [0.2, 0.25) is 0 Å². The minimum absolute atomic E-state index is 0.353. The van der Waals surface area contributed by atoms with Gasteiger partial charge in [0.05, 0.1) is 21.1 Å². The summed E-state index contributed by atoms with van der Waals surface area (Å²) in [6.45, 7) is 2.26. The molecule has 0 spiro atoms. The Bertz CT molecular complexity index is 617. The number of hydrogen-bond donors (Lipinski definition) is 1. The Kier molecular flexibility index (Phi) is 3.89. The first-order valence-electron chi connectivity index (χ1n) is 6.95. The van der Waals surface area contributed by atoms with Crippen LogP contribution in [0.25, 0.3) is 10.6 Å². The van der Waals surface area contributed by atoms with Crippen molar-refractivity contribution in [2.24, 2.45) is 5.92 Å². The van der Waals surface area contributed by atoms with E-state index in [4.69, 9.17) is 10.1 Å². The Morgan fingerprint density at radius 3 is 2.90 bits per heavy atom. The molecule has 2 atom stereocenters. The highest BCUT2D eigenvalue weighted by molar-refractivity contribution is 7.14. The topological polar surface area (TPSA) is 50.2 Å². The second-order valence-corrected chi connectivity index (χ2v) is 7.16. The van der Waals surface area contributed by atoms with Crippen molar-refractivity contribution in [3.8, 4) is 10.6 Å². The lowest BCUT2D eigenvalue weighted by atomic mass is 10.0. The number of nitrogens with zero attached hydrogens (tertiary/aromatic N) is 1. The van der Waals surface area contributed by atoms with Gasteiger partial charge in [-0.2, -0.15) is 0 Å². The molecule has 3 nitrogen and oxygen atoms in total. The van der Waals surface area contributed by atoms with Gasteiger partial charge in [0.15, 0.2) is 0 Å². The van der Waals surface area contributed by atoms with Gasteiger partial charge in [-0.1, -0.05) is 13.3 Å². The smallest absolute Gasteiger partial charge is 0.336 e. The zero-order chi connectivity index (χ0) is 14.1. The average Bonchev–Trinajstić information content (AvgIpc) is 3.17. The molecule has 20 heavy (non-hydrogen) atoms. The molecule has 1 N–H and O–H groups in total. The van der Waals surface area contributed by atoms with Crippen LogP contribution in [-0.2, 0) is 0 Å². The number of rotatable bonds is 4. The van der Waals surface area contributed by atoms with Crippen molar-refractivity contribution >= 4 is 28.6 Å². The Labute approximate surface area is 126 Å². The molecule has 1 aliphatic rings. The summed E-state index contributed by atoms with van der Waals surface area (Å²) in [6, 6.07) is 1.72. The minimum Gasteiger partial charge on any atom is -0.478 e. The van der Waals surface area contributed by atoms with Crippen LogP contribution in [-0.4, -0.2) is 16.1 Å². The highest BCUT2D eigenvalue weighted by Gasteiger charge is 2.27. The van der Waals surface area contributed by atoms with Crippen molar-refractivity contribution in [2.45, 2.75) is 38.5 Å². The van der Waals surface area contributed by atoms with E-state index < -0.39 is 5.97 Å². The molecule has 0 aromatic carbocycles. The van der Waals surface area contributed by atoms with Crippen molar-refractivity contribution in [3.05, 3.63) is 27.4 Å². The molecule has 1 aliphatic carbocycles. The Morgan fingerprint density at radius 1 is 1.40 bits per heavy atom. The van der Waals surface area contributed by atoms with Crippen LogP contribution in [0.5, 0.6) is 0 Å². The van der Waals surface area contributed by atoms with Crippen LogP contribution < -0.4 is 0 Å². The first kappa shape index (κ1) is 13.8. The number of thiophene rings is 1. The van der Waals surface area contributed by atoms with Gasteiger partial charge < -0.3 is 5.11 Å². The largest absolute Gasteiger partial charge is 0.478 e. The van der Waals surface area contributed by atoms with E-state index in [1.54, 1.807) is 22.8 Å². The molecule has 2 aromatic heterocycles. The molecule has 2 unspecified atom stereocenters. The third kappa shape index (κ3) is 2.65. The molecular formula is C15H17NO2S2. The Morgan fingerprint density at radius 2 is 2.25 bits per heavy atom. The Balaban J connectivity index is 1.78. The fourth-order valence-electron chi connectivity index (χ4n) is 2.84. The summed E-state index contributed by atoms with van der Waals surface area (Å²) < 4.78 is 0. The average molecular weight is 307 g/mol. The van der Waals surface area contributed by atoms with E-state index in [0.717, 1.165) is 16.5 Å². The molecule has 0 radical (unpaired) electrons. The molecule has 0 saturated heterocycles. The number of thiazole rings is 1. The normalized spacial score (nSPS) is 22.2. The van der Waals surface area contributed by atoms with Crippen molar-refractivity contribution in [1.82, 2.24) is 4.98 Å². The van der Waals surface area contributed by atoms with E-state index in [-0.39, 0.29) is 0 Å². The number of hydrogen-bond acceptors (Lipinski definition) is 4. The van der Waals surface area contributed by atoms with Crippen LogP contribution in [0.15, 0.2) is 16.8 Å². The Hall–Kier alpha value is -1.20. The van der Waals surface area contributed by atoms with Gasteiger partial charge in [-0.05, 0) is 31.2 Å². The van der Waals surface area contributed by atoms with Crippen molar-refractivity contribution in [2.75, 3.05) is 0 Å². The lowest BCUT2D eigenvalue weighted by molar-refractivity contribution is 0.0697. The quantitative estimate of drug-likeness (QED) is 0.877. The van der Waals surface area contributed by atoms with E-state index in [9.17, 15) is 4.79 Å². The number of aromatic nitrogens is 1. The van der Waals surface area contributed by atoms with Crippen molar-refractivity contribution in [1.29, 1.82) is 0 Å². The summed E-state index contributed by atoms with van der Waals surface area (Å²) in [5.74, 6) is 0.592. The summed E-state index contributed by atoms with van der Waals surface area (Å²) in [5.41, 5.74) is 1.29. The fourth-order valence-corrected chi connectivity index (χ4v) is 4.73. The number of carbonyl (C=O) groups is 1. The standard InChI is InChI=1S/C15H17NO2S2/c1-2-9-3-4-10(5-9)14-16-12(8-20-14)13-6-11(7-19-13)15(17)18/h6-10H,2-5H2,1H3,(H,17,18). The molecule has 0 bridgehead atoms. The molecule has 0 amide bonds. The van der Waals surface area contributed by atoms with E-state index in [1.165, 1.54) is 42.0 Å². The lowest BCUT2D eigenvalue weighted by Crippen LogP contribution is -1.94.